The maximum absolute atomic E-state index is 13.1. The van der Waals surface area contributed by atoms with E-state index in [0.717, 1.165) is 17.5 Å². The molecule has 0 radical (unpaired) electrons. The molecule has 0 amide bonds. The normalized spacial score (nSPS) is 14.0. The molecule has 1 nitrogen and oxygen atoms in total. The highest BCUT2D eigenvalue weighted by Gasteiger charge is 2.10. The Kier molecular flexibility index (Phi) is 4.85. The van der Waals surface area contributed by atoms with Crippen molar-refractivity contribution in [2.24, 2.45) is 0 Å². The molecule has 0 aliphatic carbocycles. The van der Waals surface area contributed by atoms with Gasteiger partial charge in [-0.2, -0.15) is 0 Å². The van der Waals surface area contributed by atoms with Gasteiger partial charge in [-0.05, 0) is 55.7 Å². The van der Waals surface area contributed by atoms with Gasteiger partial charge >= 0.3 is 0 Å². The standard InChI is InChI=1S/C17H19F2N/c1-12(10-14-4-3-5-17(19)11-14)20-13(2)15-6-8-16(18)9-7-15/h3-9,11-13,20H,10H2,1-2H3/t12?,13-/m0/s1. The van der Waals surface area contributed by atoms with E-state index in [1.165, 1.54) is 18.2 Å². The predicted molar refractivity (Wildman–Crippen MR) is 77.5 cm³/mol. The van der Waals surface area contributed by atoms with E-state index in [2.05, 4.69) is 12.2 Å². The molecule has 1 unspecified atom stereocenters. The highest BCUT2D eigenvalue weighted by Crippen LogP contribution is 2.15. The van der Waals surface area contributed by atoms with Crippen molar-refractivity contribution in [1.82, 2.24) is 5.32 Å². The lowest BCUT2D eigenvalue weighted by Gasteiger charge is -2.20. The quantitative estimate of drug-likeness (QED) is 0.860. The number of benzene rings is 2. The lowest BCUT2D eigenvalue weighted by Crippen LogP contribution is -2.30. The predicted octanol–water partition coefficient (Wildman–Crippen LogP) is 4.25. The Labute approximate surface area is 118 Å². The number of rotatable bonds is 5. The third-order valence-corrected chi connectivity index (χ3v) is 3.34. The van der Waals surface area contributed by atoms with Gasteiger partial charge in [-0.15, -0.1) is 0 Å². The fourth-order valence-corrected chi connectivity index (χ4v) is 2.35. The van der Waals surface area contributed by atoms with Crippen LogP contribution in [-0.2, 0) is 6.42 Å². The third-order valence-electron chi connectivity index (χ3n) is 3.34. The van der Waals surface area contributed by atoms with Gasteiger partial charge in [0.1, 0.15) is 11.6 Å². The van der Waals surface area contributed by atoms with E-state index in [9.17, 15) is 8.78 Å². The van der Waals surface area contributed by atoms with Crippen LogP contribution in [-0.4, -0.2) is 6.04 Å². The number of nitrogens with one attached hydrogen (secondary N) is 1. The minimum absolute atomic E-state index is 0.124. The minimum Gasteiger partial charge on any atom is -0.307 e. The number of hydrogen-bond donors (Lipinski definition) is 1. The second-order valence-corrected chi connectivity index (χ2v) is 5.17. The molecule has 0 aliphatic heterocycles. The smallest absolute Gasteiger partial charge is 0.123 e. The van der Waals surface area contributed by atoms with Gasteiger partial charge in [-0.1, -0.05) is 24.3 Å². The lowest BCUT2D eigenvalue weighted by molar-refractivity contribution is 0.475. The average molecular weight is 275 g/mol. The molecule has 0 saturated heterocycles. The van der Waals surface area contributed by atoms with Crippen LogP contribution in [0.4, 0.5) is 8.78 Å². The molecule has 0 fully saturated rings. The second kappa shape index (κ2) is 6.62. The molecule has 2 rings (SSSR count). The molecule has 2 atom stereocenters. The van der Waals surface area contributed by atoms with Gasteiger partial charge in [0.15, 0.2) is 0 Å². The summed E-state index contributed by atoms with van der Waals surface area (Å²) in [5.41, 5.74) is 2.01. The van der Waals surface area contributed by atoms with E-state index in [-0.39, 0.29) is 23.7 Å². The molecule has 20 heavy (non-hydrogen) atoms. The summed E-state index contributed by atoms with van der Waals surface area (Å²) in [7, 11) is 0. The molecule has 106 valence electrons. The van der Waals surface area contributed by atoms with Crippen molar-refractivity contribution in [1.29, 1.82) is 0 Å². The molecule has 3 heteroatoms. The van der Waals surface area contributed by atoms with Gasteiger partial charge in [-0.3, -0.25) is 0 Å². The summed E-state index contributed by atoms with van der Waals surface area (Å²) in [5.74, 6) is -0.435. The average Bonchev–Trinajstić information content (AvgIpc) is 2.39. The van der Waals surface area contributed by atoms with Crippen LogP contribution in [0.15, 0.2) is 48.5 Å². The summed E-state index contributed by atoms with van der Waals surface area (Å²) < 4.78 is 26.0. The maximum Gasteiger partial charge on any atom is 0.123 e. The zero-order chi connectivity index (χ0) is 14.5. The highest BCUT2D eigenvalue weighted by molar-refractivity contribution is 5.20. The van der Waals surface area contributed by atoms with E-state index in [0.29, 0.717) is 0 Å². The van der Waals surface area contributed by atoms with Crippen LogP contribution in [0.2, 0.25) is 0 Å². The summed E-state index contributed by atoms with van der Waals surface area (Å²) >= 11 is 0. The van der Waals surface area contributed by atoms with E-state index in [1.54, 1.807) is 24.3 Å². The van der Waals surface area contributed by atoms with Crippen molar-refractivity contribution in [3.05, 3.63) is 71.3 Å². The van der Waals surface area contributed by atoms with Crippen LogP contribution in [0.5, 0.6) is 0 Å². The fourth-order valence-electron chi connectivity index (χ4n) is 2.35. The van der Waals surface area contributed by atoms with Gasteiger partial charge in [-0.25, -0.2) is 8.78 Å². The third kappa shape index (κ3) is 4.14. The summed E-state index contributed by atoms with van der Waals surface area (Å²) in [6.07, 6.45) is 0.753. The SMILES string of the molecule is CC(Cc1cccc(F)c1)N[C@@H](C)c1ccc(F)cc1. The van der Waals surface area contributed by atoms with Crippen LogP contribution in [0.25, 0.3) is 0 Å². The molecular formula is C17H19F2N. The molecule has 2 aromatic rings. The Morgan fingerprint density at radius 1 is 0.950 bits per heavy atom. The summed E-state index contributed by atoms with van der Waals surface area (Å²) in [5, 5.41) is 3.44. The van der Waals surface area contributed by atoms with Gasteiger partial charge in [0.2, 0.25) is 0 Å². The zero-order valence-corrected chi connectivity index (χ0v) is 11.7. The van der Waals surface area contributed by atoms with E-state index >= 15 is 0 Å². The molecule has 0 heterocycles. The molecule has 2 aromatic carbocycles. The topological polar surface area (TPSA) is 12.0 Å². The molecule has 0 aliphatic rings. The lowest BCUT2D eigenvalue weighted by atomic mass is 10.0. The van der Waals surface area contributed by atoms with E-state index < -0.39 is 0 Å². The first-order valence-electron chi connectivity index (χ1n) is 6.80. The van der Waals surface area contributed by atoms with Crippen molar-refractivity contribution < 1.29 is 8.78 Å². The minimum atomic E-state index is -0.228. The van der Waals surface area contributed by atoms with E-state index in [1.807, 2.05) is 13.0 Å². The Morgan fingerprint density at radius 2 is 1.65 bits per heavy atom. The van der Waals surface area contributed by atoms with E-state index in [4.69, 9.17) is 0 Å². The second-order valence-electron chi connectivity index (χ2n) is 5.17. The van der Waals surface area contributed by atoms with Crippen molar-refractivity contribution in [3.8, 4) is 0 Å². The maximum atomic E-state index is 13.1. The van der Waals surface area contributed by atoms with Crippen molar-refractivity contribution >= 4 is 0 Å². The molecule has 0 bridgehead atoms. The molecule has 1 N–H and O–H groups in total. The van der Waals surface area contributed by atoms with Gasteiger partial charge in [0.05, 0.1) is 0 Å². The fraction of sp³-hybridized carbons (Fsp3) is 0.294. The van der Waals surface area contributed by atoms with Crippen molar-refractivity contribution in [3.63, 3.8) is 0 Å². The first-order valence-corrected chi connectivity index (χ1v) is 6.80. The first kappa shape index (κ1) is 14.7. The molecule has 0 aromatic heterocycles. The van der Waals surface area contributed by atoms with Crippen LogP contribution in [0, 0.1) is 11.6 Å². The van der Waals surface area contributed by atoms with Crippen LogP contribution in [0.1, 0.15) is 31.0 Å². The van der Waals surface area contributed by atoms with Crippen LogP contribution < -0.4 is 5.32 Å². The van der Waals surface area contributed by atoms with Crippen molar-refractivity contribution in [2.75, 3.05) is 0 Å². The number of hydrogen-bond acceptors (Lipinski definition) is 1. The monoisotopic (exact) mass is 275 g/mol. The zero-order valence-electron chi connectivity index (χ0n) is 11.7. The molecular weight excluding hydrogens is 256 g/mol. The summed E-state index contributed by atoms with van der Waals surface area (Å²) in [4.78, 5) is 0. The highest BCUT2D eigenvalue weighted by atomic mass is 19.1. The van der Waals surface area contributed by atoms with Gasteiger partial charge in [0.25, 0.3) is 0 Å². The number of halogens is 2. The van der Waals surface area contributed by atoms with Gasteiger partial charge < -0.3 is 5.32 Å². The molecule has 0 spiro atoms. The Balaban J connectivity index is 1.93. The Morgan fingerprint density at radius 3 is 2.30 bits per heavy atom. The van der Waals surface area contributed by atoms with Gasteiger partial charge in [0, 0.05) is 12.1 Å². The first-order chi connectivity index (χ1) is 9.54. The summed E-state index contributed by atoms with van der Waals surface area (Å²) in [6, 6.07) is 13.5. The van der Waals surface area contributed by atoms with Crippen LogP contribution in [0.3, 0.4) is 0 Å². The summed E-state index contributed by atoms with van der Waals surface area (Å²) in [6.45, 7) is 4.10. The Hall–Kier alpha value is -1.74. The van der Waals surface area contributed by atoms with Crippen molar-refractivity contribution in [2.45, 2.75) is 32.4 Å². The van der Waals surface area contributed by atoms with Crippen LogP contribution >= 0.6 is 0 Å². The largest absolute Gasteiger partial charge is 0.307 e. The molecule has 0 saturated carbocycles. The Bertz CT molecular complexity index is 551.